The first kappa shape index (κ1) is 31.1. The maximum Gasteiger partial charge on any atom is 0.305 e. The standard InChI is InChI=1S/C35H50O4S/c1-3-5-6-7-8-9-10-11-18-23-33(36)37-26-34(4-2)27-38-35(39-28-34)24-31(29-19-14-12-15-20-29)40-32(25-35)30-21-16-13-17-22-30/h12-17,19-22,31-32H,3-11,18,23-28H2,1-2H3. The van der Waals surface area contributed by atoms with Crippen molar-refractivity contribution in [1.29, 1.82) is 0 Å². The lowest BCUT2D eigenvalue weighted by molar-refractivity contribution is -0.315. The van der Waals surface area contributed by atoms with Crippen LogP contribution in [0.4, 0.5) is 0 Å². The molecule has 0 N–H and O–H groups in total. The molecule has 2 aromatic rings. The molecular weight excluding hydrogens is 516 g/mol. The van der Waals surface area contributed by atoms with E-state index in [4.69, 9.17) is 14.2 Å². The van der Waals surface area contributed by atoms with Crippen LogP contribution >= 0.6 is 11.8 Å². The quantitative estimate of drug-likeness (QED) is 0.159. The minimum atomic E-state index is -0.620. The number of carbonyl (C=O) groups is 1. The predicted molar refractivity (Wildman–Crippen MR) is 165 cm³/mol. The summed E-state index contributed by atoms with van der Waals surface area (Å²) in [7, 11) is 0. The fraction of sp³-hybridized carbons (Fsp3) is 0.629. The van der Waals surface area contributed by atoms with Gasteiger partial charge in [-0.2, -0.15) is 0 Å². The maximum absolute atomic E-state index is 12.5. The third-order valence-electron chi connectivity index (χ3n) is 8.72. The molecule has 0 aliphatic carbocycles. The van der Waals surface area contributed by atoms with Crippen LogP contribution in [0, 0.1) is 5.41 Å². The molecule has 5 heteroatoms. The number of thioether (sulfide) groups is 1. The maximum atomic E-state index is 12.5. The zero-order chi connectivity index (χ0) is 28.1. The first-order chi connectivity index (χ1) is 19.6. The van der Waals surface area contributed by atoms with Gasteiger partial charge in [0.15, 0.2) is 5.79 Å². The smallest absolute Gasteiger partial charge is 0.305 e. The molecule has 2 saturated heterocycles. The van der Waals surface area contributed by atoms with Gasteiger partial charge in [0.25, 0.3) is 0 Å². The molecule has 0 bridgehead atoms. The van der Waals surface area contributed by atoms with Crippen molar-refractivity contribution in [2.24, 2.45) is 5.41 Å². The van der Waals surface area contributed by atoms with Crippen LogP contribution < -0.4 is 0 Å². The Bertz CT molecular complexity index is 937. The van der Waals surface area contributed by atoms with Gasteiger partial charge >= 0.3 is 5.97 Å². The van der Waals surface area contributed by atoms with E-state index in [9.17, 15) is 4.79 Å². The normalized spacial score (nSPS) is 26.6. The van der Waals surface area contributed by atoms with Crippen molar-refractivity contribution in [2.75, 3.05) is 19.8 Å². The van der Waals surface area contributed by atoms with Gasteiger partial charge < -0.3 is 14.2 Å². The number of unbranched alkanes of at least 4 members (excludes halogenated alkanes) is 8. The Morgan fingerprint density at radius 1 is 0.775 bits per heavy atom. The molecule has 1 spiro atoms. The zero-order valence-electron chi connectivity index (χ0n) is 24.8. The van der Waals surface area contributed by atoms with E-state index in [2.05, 4.69) is 74.5 Å². The minimum absolute atomic E-state index is 0.0848. The second kappa shape index (κ2) is 16.0. The predicted octanol–water partition coefficient (Wildman–Crippen LogP) is 9.60. The number of benzene rings is 2. The van der Waals surface area contributed by atoms with E-state index in [0.29, 0.717) is 36.7 Å². The summed E-state index contributed by atoms with van der Waals surface area (Å²) in [5, 5.41) is 0.590. The SMILES string of the molecule is CCCCCCCCCCCC(=O)OCC1(CC)COC2(CC(c3ccccc3)SC(c3ccccc3)C2)OC1. The molecule has 4 rings (SSSR count). The molecule has 0 amide bonds. The Morgan fingerprint density at radius 2 is 1.27 bits per heavy atom. The van der Waals surface area contributed by atoms with Gasteiger partial charge in [0.1, 0.15) is 6.61 Å². The Kier molecular flexibility index (Phi) is 12.4. The number of esters is 1. The Balaban J connectivity index is 1.26. The Hall–Kier alpha value is -1.82. The van der Waals surface area contributed by atoms with Crippen molar-refractivity contribution in [1.82, 2.24) is 0 Å². The molecule has 0 aromatic heterocycles. The van der Waals surface area contributed by atoms with E-state index in [1.165, 1.54) is 56.1 Å². The van der Waals surface area contributed by atoms with Gasteiger partial charge in [0.2, 0.25) is 0 Å². The molecule has 2 aliphatic heterocycles. The fourth-order valence-electron chi connectivity index (χ4n) is 5.83. The van der Waals surface area contributed by atoms with Crippen molar-refractivity contribution in [3.63, 3.8) is 0 Å². The van der Waals surface area contributed by atoms with Crippen LogP contribution in [0.2, 0.25) is 0 Å². The Morgan fingerprint density at radius 3 is 1.77 bits per heavy atom. The van der Waals surface area contributed by atoms with E-state index in [1.54, 1.807) is 0 Å². The number of ether oxygens (including phenoxy) is 3. The summed E-state index contributed by atoms with van der Waals surface area (Å²) < 4.78 is 19.2. The highest BCUT2D eigenvalue weighted by Crippen LogP contribution is 2.56. The molecule has 2 atom stereocenters. The van der Waals surface area contributed by atoms with Crippen LogP contribution in [0.25, 0.3) is 0 Å². The van der Waals surface area contributed by atoms with Gasteiger partial charge in [-0.1, -0.05) is 126 Å². The summed E-state index contributed by atoms with van der Waals surface area (Å²) in [6.45, 7) is 5.89. The molecule has 2 unspecified atom stereocenters. The highest BCUT2D eigenvalue weighted by atomic mass is 32.2. The first-order valence-corrected chi connectivity index (χ1v) is 16.7. The average molecular weight is 567 g/mol. The summed E-state index contributed by atoms with van der Waals surface area (Å²) in [6, 6.07) is 21.4. The molecule has 2 fully saturated rings. The second-order valence-electron chi connectivity index (χ2n) is 11.9. The third-order valence-corrected chi connectivity index (χ3v) is 10.3. The Labute approximate surface area is 246 Å². The van der Waals surface area contributed by atoms with Gasteiger partial charge in [-0.05, 0) is 24.0 Å². The number of rotatable bonds is 15. The second-order valence-corrected chi connectivity index (χ2v) is 13.3. The van der Waals surface area contributed by atoms with Crippen LogP contribution in [-0.4, -0.2) is 31.6 Å². The highest BCUT2D eigenvalue weighted by molar-refractivity contribution is 7.99. The van der Waals surface area contributed by atoms with Gasteiger partial charge in [-0.3, -0.25) is 4.79 Å². The minimum Gasteiger partial charge on any atom is -0.465 e. The lowest BCUT2D eigenvalue weighted by Crippen LogP contribution is -2.53. The molecule has 220 valence electrons. The van der Waals surface area contributed by atoms with Crippen molar-refractivity contribution in [2.45, 2.75) is 114 Å². The zero-order valence-corrected chi connectivity index (χ0v) is 25.6. The molecule has 2 aromatic carbocycles. The summed E-state index contributed by atoms with van der Waals surface area (Å²) in [4.78, 5) is 12.5. The average Bonchev–Trinajstić information content (AvgIpc) is 3.01. The van der Waals surface area contributed by atoms with Crippen LogP contribution in [0.5, 0.6) is 0 Å². The monoisotopic (exact) mass is 566 g/mol. The summed E-state index contributed by atoms with van der Waals surface area (Å²) >= 11 is 2.01. The molecule has 0 saturated carbocycles. The van der Waals surface area contributed by atoms with Gasteiger partial charge in [0.05, 0.1) is 18.6 Å². The van der Waals surface area contributed by atoms with E-state index >= 15 is 0 Å². The summed E-state index contributed by atoms with van der Waals surface area (Å²) in [5.41, 5.74) is 2.35. The molecule has 2 heterocycles. The topological polar surface area (TPSA) is 44.8 Å². The summed E-state index contributed by atoms with van der Waals surface area (Å²) in [6.07, 6.45) is 14.2. The number of carbonyl (C=O) groups excluding carboxylic acids is 1. The highest BCUT2D eigenvalue weighted by Gasteiger charge is 2.50. The fourth-order valence-corrected chi connectivity index (χ4v) is 7.56. The van der Waals surface area contributed by atoms with Crippen molar-refractivity contribution in [3.05, 3.63) is 71.8 Å². The van der Waals surface area contributed by atoms with Crippen LogP contribution in [0.3, 0.4) is 0 Å². The lowest BCUT2D eigenvalue weighted by Gasteiger charge is -2.50. The van der Waals surface area contributed by atoms with Gasteiger partial charge in [-0.25, -0.2) is 0 Å². The van der Waals surface area contributed by atoms with E-state index in [-0.39, 0.29) is 11.4 Å². The molecule has 2 aliphatic rings. The van der Waals surface area contributed by atoms with Crippen LogP contribution in [0.1, 0.15) is 119 Å². The molecule has 40 heavy (non-hydrogen) atoms. The lowest BCUT2D eigenvalue weighted by atomic mass is 9.85. The van der Waals surface area contributed by atoms with E-state index in [1.807, 2.05) is 11.8 Å². The molecule has 0 radical (unpaired) electrons. The van der Waals surface area contributed by atoms with Crippen molar-refractivity contribution in [3.8, 4) is 0 Å². The third kappa shape index (κ3) is 9.09. The van der Waals surface area contributed by atoms with Crippen molar-refractivity contribution < 1.29 is 19.0 Å². The first-order valence-electron chi connectivity index (χ1n) is 15.8. The van der Waals surface area contributed by atoms with E-state index in [0.717, 1.165) is 32.1 Å². The van der Waals surface area contributed by atoms with Gasteiger partial charge in [0, 0.05) is 29.8 Å². The van der Waals surface area contributed by atoms with Crippen molar-refractivity contribution >= 4 is 17.7 Å². The van der Waals surface area contributed by atoms with Crippen LogP contribution in [0.15, 0.2) is 60.7 Å². The number of hydrogen-bond acceptors (Lipinski definition) is 5. The van der Waals surface area contributed by atoms with Crippen LogP contribution in [-0.2, 0) is 19.0 Å². The molecular formula is C35H50O4S. The van der Waals surface area contributed by atoms with E-state index < -0.39 is 5.79 Å². The number of hydrogen-bond donors (Lipinski definition) is 0. The van der Waals surface area contributed by atoms with Gasteiger partial charge in [-0.15, -0.1) is 11.8 Å². The largest absolute Gasteiger partial charge is 0.465 e. The molecule has 4 nitrogen and oxygen atoms in total. The summed E-state index contributed by atoms with van der Waals surface area (Å²) in [5.74, 6) is -0.704.